The van der Waals surface area contributed by atoms with Gasteiger partial charge in [0, 0.05) is 12.3 Å². The van der Waals surface area contributed by atoms with Crippen LogP contribution in [-0.2, 0) is 21.2 Å². The van der Waals surface area contributed by atoms with Crippen molar-refractivity contribution < 1.29 is 18.3 Å². The number of hydrogen-bond acceptors (Lipinski definition) is 6. The van der Waals surface area contributed by atoms with Crippen molar-refractivity contribution in [3.63, 3.8) is 0 Å². The van der Waals surface area contributed by atoms with Gasteiger partial charge in [0.05, 0.1) is 0 Å². The van der Waals surface area contributed by atoms with Gasteiger partial charge in [-0.05, 0) is 12.8 Å². The highest BCUT2D eigenvalue weighted by Gasteiger charge is 2.26. The largest absolute Gasteiger partial charge is 0.480 e. The van der Waals surface area contributed by atoms with Crippen LogP contribution in [0, 0.1) is 0 Å². The maximum Gasteiger partial charge on any atom is 0.325 e. The average molecular weight is 316 g/mol. The number of carbonyl (C=O) groups is 1. The van der Waals surface area contributed by atoms with E-state index in [-0.39, 0.29) is 22.6 Å². The number of nitrogens with one attached hydrogen (secondary N) is 1. The number of carboxylic acid groups (broad SMARTS) is 1. The standard InChI is InChI=1S/C12H20N4O4S/c1-21(19,20)10-11(13)16(7-9(17)18)15-12(10)14-8-5-3-2-4-6-8/h8H,2-7,13H2,1H3,(H,14,15)(H,17,18). The highest BCUT2D eigenvalue weighted by Crippen LogP contribution is 2.30. The van der Waals surface area contributed by atoms with Crippen molar-refractivity contribution in [1.29, 1.82) is 0 Å². The number of nitrogens with zero attached hydrogens (tertiary/aromatic N) is 2. The molecule has 1 heterocycles. The Morgan fingerprint density at radius 1 is 1.43 bits per heavy atom. The summed E-state index contributed by atoms with van der Waals surface area (Å²) in [5.74, 6) is -1.12. The first-order valence-corrected chi connectivity index (χ1v) is 8.73. The van der Waals surface area contributed by atoms with Crippen molar-refractivity contribution in [3.05, 3.63) is 0 Å². The first-order valence-electron chi connectivity index (χ1n) is 6.83. The maximum absolute atomic E-state index is 11.9. The molecule has 0 spiro atoms. The van der Waals surface area contributed by atoms with Crippen LogP contribution in [0.4, 0.5) is 11.6 Å². The Bertz CT molecular complexity index is 632. The molecule has 0 radical (unpaired) electrons. The van der Waals surface area contributed by atoms with Crippen molar-refractivity contribution in [2.75, 3.05) is 17.3 Å². The summed E-state index contributed by atoms with van der Waals surface area (Å²) in [6.07, 6.45) is 6.25. The van der Waals surface area contributed by atoms with Gasteiger partial charge in [-0.2, -0.15) is 5.10 Å². The summed E-state index contributed by atoms with van der Waals surface area (Å²) in [5.41, 5.74) is 5.76. The van der Waals surface area contributed by atoms with Gasteiger partial charge in [-0.25, -0.2) is 13.1 Å². The molecule has 0 bridgehead atoms. The zero-order valence-corrected chi connectivity index (χ0v) is 12.7. The van der Waals surface area contributed by atoms with Crippen LogP contribution in [0.15, 0.2) is 4.90 Å². The normalized spacial score (nSPS) is 16.8. The van der Waals surface area contributed by atoms with E-state index in [1.807, 2.05) is 0 Å². The molecule has 0 atom stereocenters. The van der Waals surface area contributed by atoms with Crippen LogP contribution >= 0.6 is 0 Å². The van der Waals surface area contributed by atoms with E-state index in [0.717, 1.165) is 36.6 Å². The minimum Gasteiger partial charge on any atom is -0.480 e. The lowest BCUT2D eigenvalue weighted by Crippen LogP contribution is -2.23. The van der Waals surface area contributed by atoms with Gasteiger partial charge < -0.3 is 16.2 Å². The molecule has 1 saturated carbocycles. The zero-order valence-electron chi connectivity index (χ0n) is 11.9. The maximum atomic E-state index is 11.9. The average Bonchev–Trinajstić information content (AvgIpc) is 2.66. The molecule has 0 saturated heterocycles. The van der Waals surface area contributed by atoms with Gasteiger partial charge in [0.15, 0.2) is 20.6 Å². The monoisotopic (exact) mass is 316 g/mol. The number of nitrogen functional groups attached to an aromatic ring is 1. The highest BCUT2D eigenvalue weighted by molar-refractivity contribution is 7.91. The fourth-order valence-corrected chi connectivity index (χ4v) is 3.54. The van der Waals surface area contributed by atoms with E-state index in [0.29, 0.717) is 0 Å². The van der Waals surface area contributed by atoms with Gasteiger partial charge in [0.25, 0.3) is 0 Å². The van der Waals surface area contributed by atoms with Crippen molar-refractivity contribution >= 4 is 27.4 Å². The van der Waals surface area contributed by atoms with Crippen LogP contribution in [-0.4, -0.2) is 41.6 Å². The second kappa shape index (κ2) is 5.92. The zero-order chi connectivity index (χ0) is 15.6. The number of hydrogen-bond donors (Lipinski definition) is 3. The third-order valence-corrected chi connectivity index (χ3v) is 4.69. The molecule has 9 heteroatoms. The van der Waals surface area contributed by atoms with E-state index in [2.05, 4.69) is 10.4 Å². The van der Waals surface area contributed by atoms with E-state index >= 15 is 0 Å². The highest BCUT2D eigenvalue weighted by atomic mass is 32.2. The smallest absolute Gasteiger partial charge is 0.325 e. The second-order valence-corrected chi connectivity index (χ2v) is 7.32. The Kier molecular flexibility index (Phi) is 4.40. The van der Waals surface area contributed by atoms with Gasteiger partial charge in [-0.15, -0.1) is 0 Å². The van der Waals surface area contributed by atoms with Gasteiger partial charge in [0.2, 0.25) is 0 Å². The molecule has 1 aromatic heterocycles. The van der Waals surface area contributed by atoms with Crippen molar-refractivity contribution in [2.24, 2.45) is 0 Å². The Balaban J connectivity index is 2.35. The Morgan fingerprint density at radius 2 is 2.05 bits per heavy atom. The third kappa shape index (κ3) is 3.66. The summed E-state index contributed by atoms with van der Waals surface area (Å²) in [4.78, 5) is 10.7. The Morgan fingerprint density at radius 3 is 2.57 bits per heavy atom. The van der Waals surface area contributed by atoms with E-state index in [4.69, 9.17) is 10.8 Å². The number of anilines is 2. The number of nitrogens with two attached hydrogens (primary N) is 1. The van der Waals surface area contributed by atoms with E-state index < -0.39 is 22.4 Å². The predicted molar refractivity (Wildman–Crippen MR) is 77.9 cm³/mol. The van der Waals surface area contributed by atoms with Gasteiger partial charge in [-0.3, -0.25) is 4.79 Å². The van der Waals surface area contributed by atoms with Crippen LogP contribution in [0.3, 0.4) is 0 Å². The Labute approximate surface area is 123 Å². The van der Waals surface area contributed by atoms with E-state index in [9.17, 15) is 13.2 Å². The summed E-state index contributed by atoms with van der Waals surface area (Å²) in [5, 5.41) is 16.0. The quantitative estimate of drug-likeness (QED) is 0.729. The molecule has 4 N–H and O–H groups in total. The minimum atomic E-state index is -3.59. The lowest BCUT2D eigenvalue weighted by Gasteiger charge is -2.22. The van der Waals surface area contributed by atoms with Crippen LogP contribution in [0.2, 0.25) is 0 Å². The molecule has 0 aromatic carbocycles. The molecule has 8 nitrogen and oxygen atoms in total. The minimum absolute atomic E-state index is 0.116. The van der Waals surface area contributed by atoms with Crippen LogP contribution in [0.5, 0.6) is 0 Å². The summed E-state index contributed by atoms with van der Waals surface area (Å²) in [6.45, 7) is -0.472. The van der Waals surface area contributed by atoms with Gasteiger partial charge >= 0.3 is 5.97 Å². The molecule has 0 unspecified atom stereocenters. The van der Waals surface area contributed by atoms with Crippen LogP contribution in [0.25, 0.3) is 0 Å². The SMILES string of the molecule is CS(=O)(=O)c1c(NC2CCCCC2)nn(CC(=O)O)c1N. The molecule has 1 fully saturated rings. The Hall–Kier alpha value is -1.77. The molecule has 1 aromatic rings. The van der Waals surface area contributed by atoms with E-state index in [1.54, 1.807) is 0 Å². The second-order valence-electron chi connectivity index (χ2n) is 5.37. The topological polar surface area (TPSA) is 127 Å². The van der Waals surface area contributed by atoms with Gasteiger partial charge in [0.1, 0.15) is 12.4 Å². The molecule has 1 aliphatic rings. The fraction of sp³-hybridized carbons (Fsp3) is 0.667. The van der Waals surface area contributed by atoms with Crippen molar-refractivity contribution in [1.82, 2.24) is 9.78 Å². The summed E-state index contributed by atoms with van der Waals surface area (Å²) >= 11 is 0. The lowest BCUT2D eigenvalue weighted by atomic mass is 9.95. The van der Waals surface area contributed by atoms with Gasteiger partial charge in [-0.1, -0.05) is 19.3 Å². The first-order chi connectivity index (χ1) is 9.79. The lowest BCUT2D eigenvalue weighted by molar-refractivity contribution is -0.137. The fourth-order valence-electron chi connectivity index (χ4n) is 2.61. The predicted octanol–water partition coefficient (Wildman–Crippen LogP) is 0.698. The summed E-state index contributed by atoms with van der Waals surface area (Å²) in [7, 11) is -3.59. The summed E-state index contributed by atoms with van der Waals surface area (Å²) < 4.78 is 24.8. The number of sulfone groups is 1. The molecule has 118 valence electrons. The molecular formula is C12H20N4O4S. The van der Waals surface area contributed by atoms with Crippen LogP contribution < -0.4 is 11.1 Å². The molecular weight excluding hydrogens is 296 g/mol. The summed E-state index contributed by atoms with van der Waals surface area (Å²) in [6, 6.07) is 0.145. The first kappa shape index (κ1) is 15.6. The van der Waals surface area contributed by atoms with Crippen LogP contribution in [0.1, 0.15) is 32.1 Å². The number of rotatable bonds is 5. The van der Waals surface area contributed by atoms with Crippen molar-refractivity contribution in [2.45, 2.75) is 49.6 Å². The number of aliphatic carboxylic acids is 1. The number of carboxylic acids is 1. The third-order valence-electron chi connectivity index (χ3n) is 3.55. The van der Waals surface area contributed by atoms with E-state index in [1.165, 1.54) is 6.42 Å². The molecule has 0 amide bonds. The molecule has 0 aliphatic heterocycles. The molecule has 2 rings (SSSR count). The number of aromatic nitrogens is 2. The molecule has 1 aliphatic carbocycles. The molecule has 21 heavy (non-hydrogen) atoms. The van der Waals surface area contributed by atoms with Crippen molar-refractivity contribution in [3.8, 4) is 0 Å².